The van der Waals surface area contributed by atoms with E-state index >= 15 is 0 Å². The maximum absolute atomic E-state index is 7.49. The average Bonchev–Trinajstić information content (AvgIpc) is 3.68. The number of hydrogen-bond donors (Lipinski definition) is 1. The van der Waals surface area contributed by atoms with Crippen LogP contribution in [0.3, 0.4) is 0 Å². The number of nitrogens with zero attached hydrogens (tertiary/aromatic N) is 2. The van der Waals surface area contributed by atoms with Gasteiger partial charge in [-0.05, 0) is 81.4 Å². The largest absolute Gasteiger partial charge is 0.455 e. The second-order valence-corrected chi connectivity index (χ2v) is 11.3. The number of rotatable bonds is 3. The first-order valence-electron chi connectivity index (χ1n) is 14.8. The summed E-state index contributed by atoms with van der Waals surface area (Å²) in [6.45, 7) is 7.49. The Hall–Kier alpha value is -6.05. The van der Waals surface area contributed by atoms with Crippen LogP contribution in [-0.2, 0) is 0 Å². The number of fused-ring (bicyclic) bond motifs is 9. The molecule has 1 aliphatic heterocycles. The fraction of sp³-hybridized carbons (Fsp3) is 0.0250. The zero-order valence-corrected chi connectivity index (χ0v) is 23.7. The van der Waals surface area contributed by atoms with Crippen LogP contribution in [0.5, 0.6) is 0 Å². The van der Waals surface area contributed by atoms with Gasteiger partial charge in [0, 0.05) is 21.8 Å². The molecule has 1 atom stereocenters. The Morgan fingerprint density at radius 1 is 0.614 bits per heavy atom. The molecule has 8 aromatic rings. The van der Waals surface area contributed by atoms with Crippen LogP contribution in [0.15, 0.2) is 144 Å². The summed E-state index contributed by atoms with van der Waals surface area (Å²) in [6, 6.07) is 48.6. The Morgan fingerprint density at radius 2 is 1.39 bits per heavy atom. The zero-order valence-electron chi connectivity index (χ0n) is 23.7. The number of furan rings is 1. The predicted octanol–water partition coefficient (Wildman–Crippen LogP) is 11.4. The van der Waals surface area contributed by atoms with Crippen molar-refractivity contribution in [3.05, 3.63) is 157 Å². The van der Waals surface area contributed by atoms with E-state index in [1.165, 1.54) is 5.39 Å². The first-order valence-corrected chi connectivity index (χ1v) is 14.8. The van der Waals surface area contributed by atoms with Crippen molar-refractivity contribution < 1.29 is 4.42 Å². The van der Waals surface area contributed by atoms with Crippen LogP contribution in [0.4, 0.5) is 22.7 Å². The number of para-hydroxylation sites is 4. The average molecular weight is 564 g/mol. The quantitative estimate of drug-likeness (QED) is 0.171. The van der Waals surface area contributed by atoms with Crippen molar-refractivity contribution in [3.63, 3.8) is 0 Å². The summed E-state index contributed by atoms with van der Waals surface area (Å²) >= 11 is 0. The van der Waals surface area contributed by atoms with E-state index in [1.807, 2.05) is 30.3 Å². The molecule has 1 N–H and O–H groups in total. The molecule has 0 fully saturated rings. The molecule has 4 nitrogen and oxygen atoms in total. The molecule has 44 heavy (non-hydrogen) atoms. The molecule has 0 aliphatic carbocycles. The lowest BCUT2D eigenvalue weighted by atomic mass is 9.92. The van der Waals surface area contributed by atoms with Gasteiger partial charge in [0.25, 0.3) is 0 Å². The molecule has 0 amide bonds. The first-order chi connectivity index (χ1) is 21.8. The molecule has 7 aromatic carbocycles. The van der Waals surface area contributed by atoms with Crippen LogP contribution in [0, 0.1) is 6.57 Å². The Balaban J connectivity index is 1.30. The van der Waals surface area contributed by atoms with E-state index in [4.69, 9.17) is 11.0 Å². The highest BCUT2D eigenvalue weighted by molar-refractivity contribution is 6.30. The fourth-order valence-electron chi connectivity index (χ4n) is 6.84. The van der Waals surface area contributed by atoms with Gasteiger partial charge < -0.3 is 14.6 Å². The van der Waals surface area contributed by atoms with Crippen LogP contribution in [0.2, 0.25) is 0 Å². The molecule has 0 saturated carbocycles. The van der Waals surface area contributed by atoms with Gasteiger partial charge in [0.15, 0.2) is 5.69 Å². The van der Waals surface area contributed by atoms with E-state index < -0.39 is 0 Å². The van der Waals surface area contributed by atoms with Crippen LogP contribution < -0.4 is 10.2 Å². The molecule has 1 aromatic heterocycles. The molecular weight excluding hydrogens is 538 g/mol. The van der Waals surface area contributed by atoms with Gasteiger partial charge in [-0.15, -0.1) is 0 Å². The SMILES string of the molecule is [C-]#[N+]c1cccc(-c2ccc3c4ccc(C5Nc6ccccc6N5c5ccccc5)cc4c4oc5ccccc5c4c3c2)c1. The summed E-state index contributed by atoms with van der Waals surface area (Å²) in [6.07, 6.45) is -0.0774. The summed E-state index contributed by atoms with van der Waals surface area (Å²) in [4.78, 5) is 6.02. The Bertz CT molecular complexity index is 2450. The van der Waals surface area contributed by atoms with Crippen LogP contribution in [-0.4, -0.2) is 0 Å². The summed E-state index contributed by atoms with van der Waals surface area (Å²) in [5.74, 6) is 0. The van der Waals surface area contributed by atoms with Crippen LogP contribution in [0.1, 0.15) is 11.7 Å². The van der Waals surface area contributed by atoms with Crippen molar-refractivity contribution in [3.8, 4) is 11.1 Å². The van der Waals surface area contributed by atoms with Crippen LogP contribution in [0.25, 0.3) is 59.5 Å². The van der Waals surface area contributed by atoms with Crippen LogP contribution >= 0.6 is 0 Å². The third kappa shape index (κ3) is 3.63. The predicted molar refractivity (Wildman–Crippen MR) is 182 cm³/mol. The molecule has 206 valence electrons. The highest BCUT2D eigenvalue weighted by Gasteiger charge is 2.31. The number of hydrogen-bond acceptors (Lipinski definition) is 3. The molecule has 0 radical (unpaired) electrons. The second kappa shape index (κ2) is 9.49. The van der Waals surface area contributed by atoms with Gasteiger partial charge in [-0.25, -0.2) is 4.85 Å². The van der Waals surface area contributed by atoms with Gasteiger partial charge >= 0.3 is 0 Å². The van der Waals surface area contributed by atoms with Crippen molar-refractivity contribution in [1.82, 2.24) is 0 Å². The second-order valence-electron chi connectivity index (χ2n) is 11.3. The molecule has 9 rings (SSSR count). The Morgan fingerprint density at radius 3 is 2.30 bits per heavy atom. The minimum Gasteiger partial charge on any atom is -0.455 e. The fourth-order valence-corrected chi connectivity index (χ4v) is 6.84. The highest BCUT2D eigenvalue weighted by atomic mass is 16.3. The van der Waals surface area contributed by atoms with Crippen molar-refractivity contribution in [2.45, 2.75) is 6.17 Å². The molecule has 1 aliphatic rings. The van der Waals surface area contributed by atoms with E-state index in [0.29, 0.717) is 5.69 Å². The lowest BCUT2D eigenvalue weighted by molar-refractivity contribution is 0.673. The summed E-state index contributed by atoms with van der Waals surface area (Å²) in [5, 5.41) is 10.6. The minimum atomic E-state index is -0.0774. The van der Waals surface area contributed by atoms with Crippen molar-refractivity contribution in [2.24, 2.45) is 0 Å². The molecule has 4 heteroatoms. The molecule has 0 spiro atoms. The zero-order chi connectivity index (χ0) is 29.2. The van der Waals surface area contributed by atoms with Gasteiger partial charge in [0.05, 0.1) is 17.9 Å². The van der Waals surface area contributed by atoms with Gasteiger partial charge in [0.2, 0.25) is 0 Å². The van der Waals surface area contributed by atoms with E-state index in [2.05, 4.69) is 124 Å². The number of benzene rings is 7. The molecule has 2 heterocycles. The lowest BCUT2D eigenvalue weighted by Crippen LogP contribution is -2.23. The maximum atomic E-state index is 7.49. The van der Waals surface area contributed by atoms with Gasteiger partial charge in [0.1, 0.15) is 17.3 Å². The van der Waals surface area contributed by atoms with E-state index in [9.17, 15) is 0 Å². The number of anilines is 3. The normalized spacial score (nSPS) is 14.2. The van der Waals surface area contributed by atoms with E-state index in [-0.39, 0.29) is 6.17 Å². The lowest BCUT2D eigenvalue weighted by Gasteiger charge is -2.27. The Kier molecular flexibility index (Phi) is 5.29. The maximum Gasteiger partial charge on any atom is 0.187 e. The Labute approximate surface area is 254 Å². The molecule has 1 unspecified atom stereocenters. The van der Waals surface area contributed by atoms with Crippen molar-refractivity contribution in [2.75, 3.05) is 10.2 Å². The highest BCUT2D eigenvalue weighted by Crippen LogP contribution is 2.48. The number of nitrogens with one attached hydrogen (secondary N) is 1. The van der Waals surface area contributed by atoms with Crippen molar-refractivity contribution in [1.29, 1.82) is 0 Å². The minimum absolute atomic E-state index is 0.0774. The topological polar surface area (TPSA) is 32.8 Å². The monoisotopic (exact) mass is 563 g/mol. The van der Waals surface area contributed by atoms with E-state index in [1.54, 1.807) is 0 Å². The summed E-state index contributed by atoms with van der Waals surface area (Å²) in [7, 11) is 0. The van der Waals surface area contributed by atoms with E-state index in [0.717, 1.165) is 71.8 Å². The summed E-state index contributed by atoms with van der Waals surface area (Å²) < 4.78 is 6.67. The standard InChI is InChI=1S/C40H25N3O/c1-41-28-11-9-10-25(22-28)26-18-20-30-31-21-19-27(24-34(31)39-38(33(30)23-26)32-14-5-8-17-37(32)44-39)40-42-35-15-6-7-16-36(35)43(40)29-12-3-2-4-13-29/h2-24,40,42H. The molecular formula is C40H25N3O. The third-order valence-electron chi connectivity index (χ3n) is 8.84. The smallest absolute Gasteiger partial charge is 0.187 e. The molecule has 0 bridgehead atoms. The van der Waals surface area contributed by atoms with Crippen molar-refractivity contribution >= 4 is 66.2 Å². The first kappa shape index (κ1) is 24.5. The third-order valence-corrected chi connectivity index (χ3v) is 8.84. The van der Waals surface area contributed by atoms with Gasteiger partial charge in [-0.2, -0.15) is 0 Å². The molecule has 0 saturated heterocycles. The van der Waals surface area contributed by atoms with Gasteiger partial charge in [-0.3, -0.25) is 0 Å². The summed E-state index contributed by atoms with van der Waals surface area (Å²) in [5.41, 5.74) is 9.09. The van der Waals surface area contributed by atoms with Gasteiger partial charge in [-0.1, -0.05) is 91.0 Å².